The number of rotatable bonds is 4. The number of nitrogens with one attached hydrogen (secondary N) is 3. The van der Waals surface area contributed by atoms with Gasteiger partial charge in [0.2, 0.25) is 0 Å². The third-order valence-corrected chi connectivity index (χ3v) is 5.37. The Balaban J connectivity index is 1.60. The highest BCUT2D eigenvalue weighted by atomic mass is 19.1. The van der Waals surface area contributed by atoms with E-state index < -0.39 is 6.10 Å². The summed E-state index contributed by atoms with van der Waals surface area (Å²) >= 11 is 0. The number of urea groups is 1. The number of carbonyl (C=O) groups is 1. The number of aliphatic hydroxyl groups excluding tert-OH is 1. The maximum Gasteiger partial charge on any atom is 0.315 e. The van der Waals surface area contributed by atoms with E-state index in [0.717, 1.165) is 44.2 Å². The second-order valence-corrected chi connectivity index (χ2v) is 6.99. The van der Waals surface area contributed by atoms with E-state index in [9.17, 15) is 14.3 Å². The van der Waals surface area contributed by atoms with Gasteiger partial charge in [0.15, 0.2) is 0 Å². The molecule has 24 heavy (non-hydrogen) atoms. The zero-order chi connectivity index (χ0) is 17.0. The van der Waals surface area contributed by atoms with Gasteiger partial charge >= 0.3 is 6.03 Å². The van der Waals surface area contributed by atoms with Gasteiger partial charge in [-0.15, -0.1) is 0 Å². The lowest BCUT2D eigenvalue weighted by molar-refractivity contribution is 0.105. The summed E-state index contributed by atoms with van der Waals surface area (Å²) in [4.78, 5) is 12.2. The predicted molar refractivity (Wildman–Crippen MR) is 90.4 cm³/mol. The van der Waals surface area contributed by atoms with E-state index in [1.165, 1.54) is 12.1 Å². The van der Waals surface area contributed by atoms with Gasteiger partial charge < -0.3 is 21.1 Å². The van der Waals surface area contributed by atoms with Crippen molar-refractivity contribution in [1.29, 1.82) is 0 Å². The first kappa shape index (κ1) is 17.2. The molecule has 0 bridgehead atoms. The van der Waals surface area contributed by atoms with Crippen molar-refractivity contribution in [3.8, 4) is 0 Å². The zero-order valence-corrected chi connectivity index (χ0v) is 13.9. The summed E-state index contributed by atoms with van der Waals surface area (Å²) < 4.78 is 13.2. The Kier molecular flexibility index (Phi) is 5.36. The molecular weight excluding hydrogens is 309 g/mol. The van der Waals surface area contributed by atoms with Gasteiger partial charge in [-0.2, -0.15) is 0 Å². The van der Waals surface area contributed by atoms with Gasteiger partial charge in [-0.05, 0) is 43.5 Å². The largest absolute Gasteiger partial charge is 0.390 e. The molecule has 5 nitrogen and oxygen atoms in total. The number of benzene rings is 1. The first-order valence-corrected chi connectivity index (χ1v) is 8.78. The van der Waals surface area contributed by atoms with Gasteiger partial charge in [0.25, 0.3) is 0 Å². The molecule has 1 aliphatic heterocycles. The molecule has 2 amide bonds. The maximum absolute atomic E-state index is 13.2. The van der Waals surface area contributed by atoms with Crippen LogP contribution in [0.15, 0.2) is 24.3 Å². The molecule has 1 saturated carbocycles. The molecular formula is C18H26FN3O2. The highest BCUT2D eigenvalue weighted by Crippen LogP contribution is 2.40. The lowest BCUT2D eigenvalue weighted by atomic mass is 9.79. The van der Waals surface area contributed by atoms with Crippen molar-refractivity contribution >= 4 is 6.03 Å². The summed E-state index contributed by atoms with van der Waals surface area (Å²) in [5, 5.41) is 18.8. The highest BCUT2D eigenvalue weighted by molar-refractivity contribution is 5.74. The minimum atomic E-state index is -0.554. The molecule has 1 aromatic carbocycles. The van der Waals surface area contributed by atoms with E-state index in [1.54, 1.807) is 0 Å². The lowest BCUT2D eigenvalue weighted by Crippen LogP contribution is -2.55. The minimum Gasteiger partial charge on any atom is -0.390 e. The van der Waals surface area contributed by atoms with Crippen molar-refractivity contribution in [3.63, 3.8) is 0 Å². The summed E-state index contributed by atoms with van der Waals surface area (Å²) in [7, 11) is 0. The smallest absolute Gasteiger partial charge is 0.315 e. The quantitative estimate of drug-likeness (QED) is 0.676. The van der Waals surface area contributed by atoms with Crippen LogP contribution in [-0.2, 0) is 5.41 Å². The molecule has 2 fully saturated rings. The van der Waals surface area contributed by atoms with Gasteiger partial charge in [-0.25, -0.2) is 9.18 Å². The van der Waals surface area contributed by atoms with Crippen LogP contribution in [0.5, 0.6) is 0 Å². The number of β-amino-alcohol motifs (C(OH)–C–C–N with tert-alkyl or cyclic N) is 1. The number of hydrogen-bond donors (Lipinski definition) is 4. The van der Waals surface area contributed by atoms with Crippen LogP contribution in [-0.4, -0.2) is 42.9 Å². The van der Waals surface area contributed by atoms with Gasteiger partial charge in [0.1, 0.15) is 5.82 Å². The molecule has 0 spiro atoms. The van der Waals surface area contributed by atoms with E-state index in [2.05, 4.69) is 16.0 Å². The zero-order valence-electron chi connectivity index (χ0n) is 13.9. The number of aliphatic hydroxyl groups is 1. The van der Waals surface area contributed by atoms with Crippen LogP contribution in [0.2, 0.25) is 0 Å². The molecule has 2 aliphatic rings. The highest BCUT2D eigenvalue weighted by Gasteiger charge is 2.36. The third kappa shape index (κ3) is 3.87. The van der Waals surface area contributed by atoms with E-state index in [-0.39, 0.29) is 23.3 Å². The molecule has 1 saturated heterocycles. The fraction of sp³-hybridized carbons (Fsp3) is 0.611. The standard InChI is InChI=1S/C18H26FN3O2/c19-14-5-3-13(4-6-14)18(8-1-2-9-18)12-21-17(24)22-15-7-10-20-11-16(15)23/h3-6,15-16,20,23H,1-2,7-12H2,(H2,21,22,24)/t15-,16-/m1/s1. The molecule has 4 N–H and O–H groups in total. The number of carbonyl (C=O) groups excluding carboxylic acids is 1. The summed E-state index contributed by atoms with van der Waals surface area (Å²) in [5.74, 6) is -0.238. The second-order valence-electron chi connectivity index (χ2n) is 6.99. The summed E-state index contributed by atoms with van der Waals surface area (Å²) in [6.07, 6.45) is 4.39. The van der Waals surface area contributed by atoms with Crippen molar-refractivity contribution in [3.05, 3.63) is 35.6 Å². The Morgan fingerprint density at radius 1 is 1.29 bits per heavy atom. The average molecular weight is 335 g/mol. The predicted octanol–water partition coefficient (Wildman–Crippen LogP) is 1.66. The Morgan fingerprint density at radius 2 is 2.00 bits per heavy atom. The van der Waals surface area contributed by atoms with Crippen LogP contribution in [0.25, 0.3) is 0 Å². The molecule has 1 heterocycles. The van der Waals surface area contributed by atoms with Crippen molar-refractivity contribution in [2.45, 2.75) is 49.7 Å². The van der Waals surface area contributed by atoms with Gasteiger partial charge in [0.05, 0.1) is 12.1 Å². The number of amides is 2. The Bertz CT molecular complexity index is 558. The van der Waals surface area contributed by atoms with Crippen LogP contribution >= 0.6 is 0 Å². The fourth-order valence-electron chi connectivity index (χ4n) is 3.90. The molecule has 0 unspecified atom stereocenters. The first-order valence-electron chi connectivity index (χ1n) is 8.78. The second kappa shape index (κ2) is 7.49. The maximum atomic E-state index is 13.2. The topological polar surface area (TPSA) is 73.4 Å². The molecule has 3 rings (SSSR count). The normalized spacial score (nSPS) is 26.1. The van der Waals surface area contributed by atoms with Crippen LogP contribution in [0.4, 0.5) is 9.18 Å². The number of halogens is 1. The monoisotopic (exact) mass is 335 g/mol. The number of hydrogen-bond acceptors (Lipinski definition) is 3. The Hall–Kier alpha value is -1.66. The molecule has 0 radical (unpaired) electrons. The molecule has 6 heteroatoms. The van der Waals surface area contributed by atoms with E-state index >= 15 is 0 Å². The van der Waals surface area contributed by atoms with Crippen molar-refractivity contribution < 1.29 is 14.3 Å². The fourth-order valence-corrected chi connectivity index (χ4v) is 3.90. The molecule has 0 aromatic heterocycles. The molecule has 132 valence electrons. The van der Waals surface area contributed by atoms with Crippen LogP contribution < -0.4 is 16.0 Å². The SMILES string of the molecule is O=C(NCC1(c2ccc(F)cc2)CCCC1)N[C@@H]1CCNC[C@H]1O. The van der Waals surface area contributed by atoms with Crippen LogP contribution in [0, 0.1) is 5.82 Å². The van der Waals surface area contributed by atoms with Crippen LogP contribution in [0.1, 0.15) is 37.7 Å². The first-order chi connectivity index (χ1) is 11.6. The molecule has 2 atom stereocenters. The van der Waals surface area contributed by atoms with Crippen molar-refractivity contribution in [2.75, 3.05) is 19.6 Å². The van der Waals surface area contributed by atoms with Crippen molar-refractivity contribution in [2.24, 2.45) is 0 Å². The third-order valence-electron chi connectivity index (χ3n) is 5.37. The van der Waals surface area contributed by atoms with E-state index in [0.29, 0.717) is 13.1 Å². The average Bonchev–Trinajstić information content (AvgIpc) is 3.06. The van der Waals surface area contributed by atoms with Gasteiger partial charge in [-0.3, -0.25) is 0 Å². The van der Waals surface area contributed by atoms with Crippen LogP contribution in [0.3, 0.4) is 0 Å². The van der Waals surface area contributed by atoms with E-state index in [4.69, 9.17) is 0 Å². The molecule has 1 aromatic rings. The van der Waals surface area contributed by atoms with Gasteiger partial charge in [0, 0.05) is 18.5 Å². The Labute approximate surface area is 142 Å². The number of piperidine rings is 1. The van der Waals surface area contributed by atoms with E-state index in [1.807, 2.05) is 12.1 Å². The molecule has 1 aliphatic carbocycles. The summed E-state index contributed by atoms with van der Waals surface area (Å²) in [5.41, 5.74) is 0.973. The summed E-state index contributed by atoms with van der Waals surface area (Å²) in [6, 6.07) is 6.18. The Morgan fingerprint density at radius 3 is 2.67 bits per heavy atom. The van der Waals surface area contributed by atoms with Gasteiger partial charge in [-0.1, -0.05) is 25.0 Å². The lowest BCUT2D eigenvalue weighted by Gasteiger charge is -2.32. The minimum absolute atomic E-state index is 0.113. The summed E-state index contributed by atoms with van der Waals surface area (Å²) in [6.45, 7) is 1.83. The van der Waals surface area contributed by atoms with Crippen molar-refractivity contribution in [1.82, 2.24) is 16.0 Å².